The topological polar surface area (TPSA) is 90.0 Å². The molecule has 7 heteroatoms. The van der Waals surface area contributed by atoms with Crippen LogP contribution < -0.4 is 5.32 Å². The van der Waals surface area contributed by atoms with Gasteiger partial charge in [0.1, 0.15) is 6.04 Å². The third-order valence-electron chi connectivity index (χ3n) is 5.09. The lowest BCUT2D eigenvalue weighted by molar-refractivity contribution is -0.128. The van der Waals surface area contributed by atoms with Gasteiger partial charge in [0, 0.05) is 30.7 Å². The second-order valence-electron chi connectivity index (χ2n) is 8.34. The molecule has 0 bridgehead atoms. The van der Waals surface area contributed by atoms with Crippen molar-refractivity contribution >= 4 is 17.9 Å². The maximum Gasteiger partial charge on any atom is 0.408 e. The number of nitrogens with one attached hydrogen (secondary N) is 1. The van der Waals surface area contributed by atoms with Crippen LogP contribution in [0.3, 0.4) is 0 Å². The Morgan fingerprint density at radius 2 is 1.76 bits per heavy atom. The molecule has 29 heavy (non-hydrogen) atoms. The van der Waals surface area contributed by atoms with Gasteiger partial charge in [-0.05, 0) is 45.2 Å². The fourth-order valence-electron chi connectivity index (χ4n) is 3.53. The molecule has 158 valence electrons. The van der Waals surface area contributed by atoms with Gasteiger partial charge in [-0.15, -0.1) is 0 Å². The first-order valence-corrected chi connectivity index (χ1v) is 9.91. The molecule has 0 aliphatic carbocycles. The number of carbonyl (C=O) groups is 3. The second kappa shape index (κ2) is 9.11. The number of rotatable bonds is 6. The number of hydrogen-bond donors (Lipinski definition) is 2. The van der Waals surface area contributed by atoms with E-state index in [1.165, 1.54) is 6.08 Å². The summed E-state index contributed by atoms with van der Waals surface area (Å²) < 4.78 is 0. The Balaban J connectivity index is 1.98. The van der Waals surface area contributed by atoms with Gasteiger partial charge >= 0.3 is 6.09 Å². The summed E-state index contributed by atoms with van der Waals surface area (Å²) in [4.78, 5) is 39.6. The van der Waals surface area contributed by atoms with E-state index in [0.29, 0.717) is 19.5 Å². The van der Waals surface area contributed by atoms with Gasteiger partial charge in [-0.1, -0.05) is 37.3 Å². The first kappa shape index (κ1) is 22.5. The molecule has 1 aliphatic rings. The van der Waals surface area contributed by atoms with Crippen molar-refractivity contribution in [2.24, 2.45) is 0 Å². The smallest absolute Gasteiger partial charge is 0.408 e. The van der Waals surface area contributed by atoms with Crippen molar-refractivity contribution in [2.75, 3.05) is 0 Å². The monoisotopic (exact) mass is 401 g/mol. The van der Waals surface area contributed by atoms with Gasteiger partial charge in [0.15, 0.2) is 0 Å². The van der Waals surface area contributed by atoms with Crippen LogP contribution in [0.4, 0.5) is 4.79 Å². The molecular weight excluding hydrogens is 370 g/mol. The van der Waals surface area contributed by atoms with Crippen LogP contribution in [0.2, 0.25) is 0 Å². The van der Waals surface area contributed by atoms with Crippen LogP contribution in [0, 0.1) is 0 Å². The number of nitrogens with zero attached hydrogens (tertiary/aromatic N) is 2. The molecule has 0 fully saturated rings. The minimum atomic E-state index is -1.15. The van der Waals surface area contributed by atoms with E-state index >= 15 is 0 Å². The Kier molecular flexibility index (Phi) is 7.06. The second-order valence-corrected chi connectivity index (χ2v) is 8.34. The van der Waals surface area contributed by atoms with Crippen LogP contribution in [0.5, 0.6) is 0 Å². The number of carbonyl (C=O) groups excluding carboxylic acids is 2. The van der Waals surface area contributed by atoms with Gasteiger partial charge in [-0.25, -0.2) is 4.79 Å². The summed E-state index contributed by atoms with van der Waals surface area (Å²) in [5, 5.41) is 12.3. The molecule has 0 radical (unpaired) electrons. The first-order valence-electron chi connectivity index (χ1n) is 9.91. The molecule has 2 atom stereocenters. The predicted molar refractivity (Wildman–Crippen MR) is 111 cm³/mol. The number of hydrogen-bond acceptors (Lipinski definition) is 3. The maximum atomic E-state index is 12.6. The van der Waals surface area contributed by atoms with Crippen molar-refractivity contribution in [3.05, 3.63) is 47.5 Å². The van der Waals surface area contributed by atoms with E-state index in [-0.39, 0.29) is 17.9 Å². The third kappa shape index (κ3) is 5.59. The molecule has 0 aromatic heterocycles. The Bertz CT molecular complexity index is 772. The Hall–Kier alpha value is -2.83. The summed E-state index contributed by atoms with van der Waals surface area (Å²) >= 11 is 0. The van der Waals surface area contributed by atoms with Gasteiger partial charge in [0.05, 0.1) is 0 Å². The molecule has 0 saturated carbocycles. The molecule has 2 rings (SSSR count). The van der Waals surface area contributed by atoms with Crippen molar-refractivity contribution in [1.29, 1.82) is 0 Å². The Labute approximate surface area is 172 Å². The first-order chi connectivity index (χ1) is 13.5. The SMILES string of the molecule is CC[C@@H](C=CC(=O)N1Cc2ccccc2C1)NC(=O)[C@H](C)N(C(=O)O)C(C)(C)C. The van der Waals surface area contributed by atoms with Crippen molar-refractivity contribution in [2.45, 2.75) is 71.8 Å². The molecule has 0 saturated heterocycles. The van der Waals surface area contributed by atoms with Gasteiger partial charge < -0.3 is 15.3 Å². The minimum Gasteiger partial charge on any atom is -0.465 e. The highest BCUT2D eigenvalue weighted by atomic mass is 16.4. The van der Waals surface area contributed by atoms with Crippen molar-refractivity contribution in [3.63, 3.8) is 0 Å². The highest BCUT2D eigenvalue weighted by molar-refractivity contribution is 5.89. The average Bonchev–Trinajstić information content (AvgIpc) is 3.07. The van der Waals surface area contributed by atoms with Crippen molar-refractivity contribution < 1.29 is 19.5 Å². The average molecular weight is 402 g/mol. The standard InChI is InChI=1S/C22H31N3O4/c1-6-18(23-20(27)15(2)25(21(28)29)22(3,4)5)11-12-19(26)24-13-16-9-7-8-10-17(16)14-24/h7-12,15,18H,6,13-14H2,1-5H3,(H,23,27)(H,28,29)/t15-,18-/m0/s1. The summed E-state index contributed by atoms with van der Waals surface area (Å²) in [6, 6.07) is 6.76. The molecule has 1 aromatic rings. The van der Waals surface area contributed by atoms with E-state index in [1.807, 2.05) is 31.2 Å². The van der Waals surface area contributed by atoms with Crippen LogP contribution in [0.25, 0.3) is 0 Å². The zero-order chi connectivity index (χ0) is 21.8. The number of amides is 3. The lowest BCUT2D eigenvalue weighted by Crippen LogP contribution is -2.56. The predicted octanol–water partition coefficient (Wildman–Crippen LogP) is 3.15. The molecule has 1 aliphatic heterocycles. The molecule has 3 amide bonds. The molecular formula is C22H31N3O4. The molecule has 1 aromatic carbocycles. The summed E-state index contributed by atoms with van der Waals surface area (Å²) in [7, 11) is 0. The van der Waals surface area contributed by atoms with Gasteiger partial charge in [-0.3, -0.25) is 14.5 Å². The van der Waals surface area contributed by atoms with Gasteiger partial charge in [0.2, 0.25) is 11.8 Å². The van der Waals surface area contributed by atoms with Gasteiger partial charge in [0.25, 0.3) is 0 Å². The third-order valence-corrected chi connectivity index (χ3v) is 5.09. The Morgan fingerprint density at radius 1 is 1.21 bits per heavy atom. The highest BCUT2D eigenvalue weighted by Gasteiger charge is 2.34. The summed E-state index contributed by atoms with van der Waals surface area (Å²) in [6.45, 7) is 9.86. The number of carboxylic acid groups (broad SMARTS) is 1. The summed E-state index contributed by atoms with van der Waals surface area (Å²) in [6.07, 6.45) is 2.61. The lowest BCUT2D eigenvalue weighted by atomic mass is 10.0. The van der Waals surface area contributed by atoms with E-state index < -0.39 is 17.7 Å². The summed E-state index contributed by atoms with van der Waals surface area (Å²) in [5.41, 5.74) is 1.60. The van der Waals surface area contributed by atoms with E-state index in [4.69, 9.17) is 0 Å². The van der Waals surface area contributed by atoms with E-state index in [1.54, 1.807) is 38.7 Å². The summed E-state index contributed by atoms with van der Waals surface area (Å²) in [5.74, 6) is -0.497. The number of benzene rings is 1. The lowest BCUT2D eigenvalue weighted by Gasteiger charge is -2.37. The van der Waals surface area contributed by atoms with E-state index in [9.17, 15) is 19.5 Å². The van der Waals surface area contributed by atoms with E-state index in [2.05, 4.69) is 5.32 Å². The quantitative estimate of drug-likeness (QED) is 0.717. The maximum absolute atomic E-state index is 12.6. The van der Waals surface area contributed by atoms with Crippen LogP contribution in [-0.2, 0) is 22.7 Å². The van der Waals surface area contributed by atoms with E-state index in [0.717, 1.165) is 16.0 Å². The van der Waals surface area contributed by atoms with Crippen LogP contribution in [0.1, 0.15) is 52.2 Å². The zero-order valence-corrected chi connectivity index (χ0v) is 17.8. The van der Waals surface area contributed by atoms with Crippen LogP contribution in [0.15, 0.2) is 36.4 Å². The number of fused-ring (bicyclic) bond motifs is 1. The molecule has 1 heterocycles. The van der Waals surface area contributed by atoms with Gasteiger partial charge in [-0.2, -0.15) is 0 Å². The molecule has 2 N–H and O–H groups in total. The van der Waals surface area contributed by atoms with Crippen LogP contribution in [-0.4, -0.2) is 50.4 Å². The normalized spacial score (nSPS) is 15.7. The fourth-order valence-corrected chi connectivity index (χ4v) is 3.53. The largest absolute Gasteiger partial charge is 0.465 e. The fraction of sp³-hybridized carbons (Fsp3) is 0.500. The minimum absolute atomic E-state index is 0.108. The highest BCUT2D eigenvalue weighted by Crippen LogP contribution is 2.22. The molecule has 0 spiro atoms. The van der Waals surface area contributed by atoms with Crippen LogP contribution >= 0.6 is 0 Å². The zero-order valence-electron chi connectivity index (χ0n) is 17.8. The molecule has 0 unspecified atom stereocenters. The van der Waals surface area contributed by atoms with Crippen molar-refractivity contribution in [3.8, 4) is 0 Å². The molecule has 7 nitrogen and oxygen atoms in total. The Morgan fingerprint density at radius 3 is 2.21 bits per heavy atom. The van der Waals surface area contributed by atoms with Crippen molar-refractivity contribution in [1.82, 2.24) is 15.1 Å².